The standard InChI is InChI=1S/C25H27N3O4S/c1-17-26-21(15-33-17)13-28-9-7-19(8-10-28)25(29)27-20-4-2-3-18(11-20)14-30-22-5-6-23-24(12-22)32-16-31-23/h2-6,11-12,15,19H,7-10,13-14,16H2,1H3,(H,27,29). The van der Waals surface area contributed by atoms with Crippen LogP contribution in [-0.4, -0.2) is 35.7 Å². The van der Waals surface area contributed by atoms with Crippen LogP contribution in [-0.2, 0) is 17.9 Å². The molecule has 1 N–H and O–H groups in total. The first-order valence-corrected chi connectivity index (χ1v) is 12.1. The van der Waals surface area contributed by atoms with E-state index in [0.717, 1.165) is 60.2 Å². The van der Waals surface area contributed by atoms with E-state index in [9.17, 15) is 4.79 Å². The van der Waals surface area contributed by atoms with E-state index in [0.29, 0.717) is 18.1 Å². The van der Waals surface area contributed by atoms with Gasteiger partial charge in [-0.1, -0.05) is 12.1 Å². The van der Waals surface area contributed by atoms with Crippen molar-refractivity contribution < 1.29 is 19.0 Å². The van der Waals surface area contributed by atoms with Crippen LogP contribution >= 0.6 is 11.3 Å². The molecule has 1 fully saturated rings. The number of carbonyl (C=O) groups is 1. The van der Waals surface area contributed by atoms with Crippen molar-refractivity contribution in [1.29, 1.82) is 0 Å². The van der Waals surface area contributed by atoms with Crippen LogP contribution in [0.4, 0.5) is 5.69 Å². The number of thiazole rings is 1. The number of ether oxygens (including phenoxy) is 3. The fraction of sp³-hybridized carbons (Fsp3) is 0.360. The molecule has 3 aromatic rings. The van der Waals surface area contributed by atoms with E-state index in [2.05, 4.69) is 20.6 Å². The molecule has 2 aliphatic heterocycles. The zero-order chi connectivity index (χ0) is 22.6. The van der Waals surface area contributed by atoms with Crippen LogP contribution in [0.15, 0.2) is 47.8 Å². The normalized spacial score (nSPS) is 16.0. The SMILES string of the molecule is Cc1nc(CN2CCC(C(=O)Nc3cccc(COc4ccc5c(c4)OCO5)c3)CC2)cs1. The number of aryl methyl sites for hydroxylation is 1. The summed E-state index contributed by atoms with van der Waals surface area (Å²) < 4.78 is 16.6. The molecule has 0 bridgehead atoms. The molecular formula is C25H27N3O4S. The summed E-state index contributed by atoms with van der Waals surface area (Å²) in [6, 6.07) is 13.3. The molecular weight excluding hydrogens is 438 g/mol. The minimum atomic E-state index is 0.0342. The molecule has 2 aromatic carbocycles. The fourth-order valence-corrected chi connectivity index (χ4v) is 4.78. The smallest absolute Gasteiger partial charge is 0.231 e. The molecule has 1 saturated heterocycles. The third kappa shape index (κ3) is 5.46. The predicted molar refractivity (Wildman–Crippen MR) is 127 cm³/mol. The maximum Gasteiger partial charge on any atom is 0.231 e. The van der Waals surface area contributed by atoms with Gasteiger partial charge in [-0.2, -0.15) is 0 Å². The Balaban J connectivity index is 1.11. The molecule has 0 saturated carbocycles. The molecule has 7 nitrogen and oxygen atoms in total. The van der Waals surface area contributed by atoms with E-state index in [1.807, 2.05) is 49.4 Å². The van der Waals surface area contributed by atoms with Gasteiger partial charge >= 0.3 is 0 Å². The number of nitrogens with zero attached hydrogens (tertiary/aromatic N) is 2. The molecule has 0 radical (unpaired) electrons. The number of aromatic nitrogens is 1. The maximum absolute atomic E-state index is 12.8. The number of anilines is 1. The van der Waals surface area contributed by atoms with Gasteiger partial charge in [0.05, 0.1) is 10.7 Å². The van der Waals surface area contributed by atoms with Gasteiger partial charge in [0.25, 0.3) is 0 Å². The van der Waals surface area contributed by atoms with Gasteiger partial charge in [-0.25, -0.2) is 4.98 Å². The molecule has 0 unspecified atom stereocenters. The lowest BCUT2D eigenvalue weighted by molar-refractivity contribution is -0.121. The highest BCUT2D eigenvalue weighted by atomic mass is 32.1. The van der Waals surface area contributed by atoms with Crippen molar-refractivity contribution in [3.8, 4) is 17.2 Å². The van der Waals surface area contributed by atoms with Crippen molar-refractivity contribution in [3.63, 3.8) is 0 Å². The molecule has 1 aromatic heterocycles. The highest BCUT2D eigenvalue weighted by molar-refractivity contribution is 7.09. The lowest BCUT2D eigenvalue weighted by atomic mass is 9.95. The summed E-state index contributed by atoms with van der Waals surface area (Å²) in [5.41, 5.74) is 2.91. The van der Waals surface area contributed by atoms with E-state index in [-0.39, 0.29) is 18.6 Å². The van der Waals surface area contributed by atoms with Gasteiger partial charge in [0, 0.05) is 29.6 Å². The van der Waals surface area contributed by atoms with Crippen LogP contribution in [0.25, 0.3) is 0 Å². The second-order valence-electron chi connectivity index (χ2n) is 8.40. The highest BCUT2D eigenvalue weighted by Crippen LogP contribution is 2.35. The third-order valence-electron chi connectivity index (χ3n) is 5.95. The van der Waals surface area contributed by atoms with Crippen LogP contribution in [0, 0.1) is 12.8 Å². The largest absolute Gasteiger partial charge is 0.489 e. The lowest BCUT2D eigenvalue weighted by Gasteiger charge is -2.30. The van der Waals surface area contributed by atoms with E-state index in [4.69, 9.17) is 14.2 Å². The molecule has 33 heavy (non-hydrogen) atoms. The number of benzene rings is 2. The van der Waals surface area contributed by atoms with Crippen molar-refractivity contribution in [2.75, 3.05) is 25.2 Å². The Labute approximate surface area is 197 Å². The first-order valence-electron chi connectivity index (χ1n) is 11.2. The minimum Gasteiger partial charge on any atom is -0.489 e. The lowest BCUT2D eigenvalue weighted by Crippen LogP contribution is -2.37. The third-order valence-corrected chi connectivity index (χ3v) is 6.78. The Morgan fingerprint density at radius 1 is 1.18 bits per heavy atom. The summed E-state index contributed by atoms with van der Waals surface area (Å²) in [4.78, 5) is 19.8. The quantitative estimate of drug-likeness (QED) is 0.549. The van der Waals surface area contributed by atoms with Crippen molar-refractivity contribution in [2.24, 2.45) is 5.92 Å². The van der Waals surface area contributed by atoms with Gasteiger partial charge in [0.2, 0.25) is 12.7 Å². The van der Waals surface area contributed by atoms with Gasteiger partial charge < -0.3 is 19.5 Å². The molecule has 2 aliphatic rings. The summed E-state index contributed by atoms with van der Waals surface area (Å²) in [7, 11) is 0. The number of fused-ring (bicyclic) bond motifs is 1. The highest BCUT2D eigenvalue weighted by Gasteiger charge is 2.25. The van der Waals surface area contributed by atoms with Gasteiger partial charge in [0.1, 0.15) is 12.4 Å². The molecule has 3 heterocycles. The number of hydrogen-bond donors (Lipinski definition) is 1. The summed E-state index contributed by atoms with van der Waals surface area (Å²) in [6.07, 6.45) is 1.73. The molecule has 0 aliphatic carbocycles. The van der Waals surface area contributed by atoms with Crippen LogP contribution in [0.3, 0.4) is 0 Å². The molecule has 0 atom stereocenters. The molecule has 1 amide bonds. The molecule has 0 spiro atoms. The zero-order valence-corrected chi connectivity index (χ0v) is 19.4. The first kappa shape index (κ1) is 21.7. The minimum absolute atomic E-state index is 0.0342. The maximum atomic E-state index is 12.8. The number of hydrogen-bond acceptors (Lipinski definition) is 7. The van der Waals surface area contributed by atoms with Crippen LogP contribution < -0.4 is 19.5 Å². The number of amides is 1. The number of carbonyl (C=O) groups excluding carboxylic acids is 1. The molecule has 8 heteroatoms. The van der Waals surface area contributed by atoms with Gasteiger partial charge in [-0.05, 0) is 62.7 Å². The van der Waals surface area contributed by atoms with Gasteiger partial charge in [-0.15, -0.1) is 11.3 Å². The van der Waals surface area contributed by atoms with Crippen LogP contribution in [0.5, 0.6) is 17.2 Å². The van der Waals surface area contributed by atoms with Crippen molar-refractivity contribution in [3.05, 3.63) is 64.1 Å². The average Bonchev–Trinajstić information content (AvgIpc) is 3.46. The van der Waals surface area contributed by atoms with E-state index >= 15 is 0 Å². The Kier molecular flexibility index (Phi) is 6.46. The van der Waals surface area contributed by atoms with Crippen molar-refractivity contribution in [1.82, 2.24) is 9.88 Å². The second-order valence-corrected chi connectivity index (χ2v) is 9.46. The number of nitrogens with one attached hydrogen (secondary N) is 1. The van der Waals surface area contributed by atoms with Crippen LogP contribution in [0.1, 0.15) is 29.1 Å². The van der Waals surface area contributed by atoms with Crippen molar-refractivity contribution in [2.45, 2.75) is 32.9 Å². The Bertz CT molecular complexity index is 1120. The number of likely N-dealkylation sites (tertiary alicyclic amines) is 1. The zero-order valence-electron chi connectivity index (χ0n) is 18.6. The van der Waals surface area contributed by atoms with Gasteiger partial charge in [-0.3, -0.25) is 9.69 Å². The van der Waals surface area contributed by atoms with Crippen molar-refractivity contribution >= 4 is 22.9 Å². The van der Waals surface area contributed by atoms with E-state index in [1.165, 1.54) is 0 Å². The molecule has 172 valence electrons. The second kappa shape index (κ2) is 9.80. The van der Waals surface area contributed by atoms with E-state index < -0.39 is 0 Å². The van der Waals surface area contributed by atoms with Crippen LogP contribution in [0.2, 0.25) is 0 Å². The fourth-order valence-electron chi connectivity index (χ4n) is 4.18. The monoisotopic (exact) mass is 465 g/mol. The van der Waals surface area contributed by atoms with Gasteiger partial charge in [0.15, 0.2) is 11.5 Å². The Hall–Kier alpha value is -3.10. The number of piperidine rings is 1. The summed E-state index contributed by atoms with van der Waals surface area (Å²) in [5.74, 6) is 2.27. The Morgan fingerprint density at radius 3 is 2.85 bits per heavy atom. The first-order chi connectivity index (χ1) is 16.1. The average molecular weight is 466 g/mol. The summed E-state index contributed by atoms with van der Waals surface area (Å²) in [6.45, 7) is 5.37. The molecule has 5 rings (SSSR count). The summed E-state index contributed by atoms with van der Waals surface area (Å²) >= 11 is 1.69. The Morgan fingerprint density at radius 2 is 2.03 bits per heavy atom. The topological polar surface area (TPSA) is 72.9 Å². The number of rotatable bonds is 7. The van der Waals surface area contributed by atoms with E-state index in [1.54, 1.807) is 11.3 Å². The predicted octanol–water partition coefficient (Wildman–Crippen LogP) is 4.61. The summed E-state index contributed by atoms with van der Waals surface area (Å²) in [5, 5.41) is 6.31.